The highest BCUT2D eigenvalue weighted by Crippen LogP contribution is 2.14. The van der Waals surface area contributed by atoms with Crippen LogP contribution in [0, 0.1) is 0 Å². The van der Waals surface area contributed by atoms with E-state index in [4.69, 9.17) is 0 Å². The average molecular weight is 375 g/mol. The van der Waals surface area contributed by atoms with Gasteiger partial charge in [0.05, 0.1) is 7.11 Å². The highest BCUT2D eigenvalue weighted by molar-refractivity contribution is 6.05. The van der Waals surface area contributed by atoms with Crippen molar-refractivity contribution in [3.05, 3.63) is 35.4 Å². The molecule has 0 saturated carbocycles. The molecule has 0 aliphatic rings. The Balaban J connectivity index is 2.04. The van der Waals surface area contributed by atoms with Crippen LogP contribution in [0.3, 0.4) is 0 Å². The molecule has 0 amide bonds. The molecule has 1 rings (SSSR count). The van der Waals surface area contributed by atoms with Crippen LogP contribution in [0.15, 0.2) is 24.3 Å². The van der Waals surface area contributed by atoms with Gasteiger partial charge in [-0.25, -0.2) is 0 Å². The van der Waals surface area contributed by atoms with E-state index in [9.17, 15) is 9.59 Å². The lowest BCUT2D eigenvalue weighted by molar-refractivity contribution is -0.139. The van der Waals surface area contributed by atoms with E-state index in [-0.39, 0.29) is 12.2 Å². The minimum atomic E-state index is -0.486. The fourth-order valence-electron chi connectivity index (χ4n) is 3.33. The number of Topliss-reactive ketones (excluding diaryl/α,β-unsaturated/α-hetero) is 1. The van der Waals surface area contributed by atoms with Crippen molar-refractivity contribution in [3.63, 3.8) is 0 Å². The second-order valence-electron chi connectivity index (χ2n) is 7.51. The van der Waals surface area contributed by atoms with E-state index in [1.807, 2.05) is 24.3 Å². The number of hydrogen-bond acceptors (Lipinski definition) is 3. The van der Waals surface area contributed by atoms with Gasteiger partial charge in [0.25, 0.3) is 0 Å². The highest BCUT2D eigenvalue weighted by Gasteiger charge is 2.11. The molecular formula is C24H38O3. The summed E-state index contributed by atoms with van der Waals surface area (Å²) in [5, 5.41) is 0. The predicted octanol–water partition coefficient (Wildman–Crippen LogP) is 6.68. The summed E-state index contributed by atoms with van der Waals surface area (Å²) in [6.45, 7) is 2.27. The number of ketones is 1. The Morgan fingerprint density at radius 1 is 0.741 bits per heavy atom. The molecule has 0 unspecified atom stereocenters. The van der Waals surface area contributed by atoms with E-state index < -0.39 is 5.97 Å². The normalized spacial score (nSPS) is 10.7. The van der Waals surface area contributed by atoms with E-state index in [0.29, 0.717) is 5.56 Å². The second kappa shape index (κ2) is 15.4. The first kappa shape index (κ1) is 23.4. The molecule has 1 aromatic rings. The van der Waals surface area contributed by atoms with Gasteiger partial charge in [-0.15, -0.1) is 0 Å². The second-order valence-corrected chi connectivity index (χ2v) is 7.51. The Morgan fingerprint density at radius 3 is 1.70 bits per heavy atom. The van der Waals surface area contributed by atoms with Crippen molar-refractivity contribution >= 4 is 11.8 Å². The quantitative estimate of drug-likeness (QED) is 0.140. The zero-order valence-electron chi connectivity index (χ0n) is 17.4. The van der Waals surface area contributed by atoms with Crippen LogP contribution in [0.25, 0.3) is 0 Å². The minimum Gasteiger partial charge on any atom is -0.469 e. The Labute approximate surface area is 165 Å². The molecule has 0 N–H and O–H groups in total. The summed E-state index contributed by atoms with van der Waals surface area (Å²) < 4.78 is 4.53. The SMILES string of the molecule is CCCCCCCCCCCCCCc1ccc(C(=O)CC(=O)OC)cc1. The van der Waals surface area contributed by atoms with Crippen molar-refractivity contribution in [2.45, 2.75) is 96.8 Å². The van der Waals surface area contributed by atoms with Crippen molar-refractivity contribution in [1.29, 1.82) is 0 Å². The van der Waals surface area contributed by atoms with Crippen LogP contribution in [-0.2, 0) is 16.0 Å². The van der Waals surface area contributed by atoms with Gasteiger partial charge in [-0.05, 0) is 18.4 Å². The zero-order valence-corrected chi connectivity index (χ0v) is 17.4. The molecule has 152 valence electrons. The molecular weight excluding hydrogens is 336 g/mol. The maximum absolute atomic E-state index is 11.9. The van der Waals surface area contributed by atoms with Crippen LogP contribution in [0.1, 0.15) is 106 Å². The first-order valence-corrected chi connectivity index (χ1v) is 10.9. The largest absolute Gasteiger partial charge is 0.469 e. The number of esters is 1. The molecule has 0 aliphatic carbocycles. The molecule has 27 heavy (non-hydrogen) atoms. The van der Waals surface area contributed by atoms with Crippen LogP contribution >= 0.6 is 0 Å². The third-order valence-corrected chi connectivity index (χ3v) is 5.13. The summed E-state index contributed by atoms with van der Waals surface area (Å²) >= 11 is 0. The van der Waals surface area contributed by atoms with Crippen molar-refractivity contribution in [2.75, 3.05) is 7.11 Å². The van der Waals surface area contributed by atoms with Crippen LogP contribution in [0.5, 0.6) is 0 Å². The fourth-order valence-corrected chi connectivity index (χ4v) is 3.33. The molecule has 0 fully saturated rings. The lowest BCUT2D eigenvalue weighted by Crippen LogP contribution is -2.09. The maximum Gasteiger partial charge on any atom is 0.313 e. The van der Waals surface area contributed by atoms with Gasteiger partial charge in [0.1, 0.15) is 6.42 Å². The van der Waals surface area contributed by atoms with Gasteiger partial charge in [-0.3, -0.25) is 9.59 Å². The first-order valence-electron chi connectivity index (χ1n) is 10.9. The topological polar surface area (TPSA) is 43.4 Å². The zero-order chi connectivity index (χ0) is 19.7. The summed E-state index contributed by atoms with van der Waals surface area (Å²) in [6, 6.07) is 7.65. The van der Waals surface area contributed by atoms with Crippen LogP contribution in [0.4, 0.5) is 0 Å². The molecule has 0 aliphatic heterocycles. The van der Waals surface area contributed by atoms with Crippen LogP contribution in [0.2, 0.25) is 0 Å². The first-order chi connectivity index (χ1) is 13.2. The lowest BCUT2D eigenvalue weighted by atomic mass is 10.0. The van der Waals surface area contributed by atoms with E-state index in [2.05, 4.69) is 11.7 Å². The lowest BCUT2D eigenvalue weighted by Gasteiger charge is -2.05. The molecule has 3 heteroatoms. The smallest absolute Gasteiger partial charge is 0.313 e. The summed E-state index contributed by atoms with van der Waals surface area (Å²) in [7, 11) is 1.30. The number of ether oxygens (including phenoxy) is 1. The van der Waals surface area contributed by atoms with Crippen molar-refractivity contribution < 1.29 is 14.3 Å². The van der Waals surface area contributed by atoms with Crippen LogP contribution < -0.4 is 0 Å². The van der Waals surface area contributed by atoms with Crippen molar-refractivity contribution in [1.82, 2.24) is 0 Å². The molecule has 0 saturated heterocycles. The van der Waals surface area contributed by atoms with Gasteiger partial charge < -0.3 is 4.74 Å². The standard InChI is InChI=1S/C24H38O3/c1-3-4-5-6-7-8-9-10-11-12-13-14-15-21-16-18-22(19-17-21)23(25)20-24(26)27-2/h16-19H,3-15,20H2,1-2H3. The monoisotopic (exact) mass is 374 g/mol. The fraction of sp³-hybridized carbons (Fsp3) is 0.667. The van der Waals surface area contributed by atoms with Gasteiger partial charge in [-0.1, -0.05) is 102 Å². The summed E-state index contributed by atoms with van der Waals surface area (Å²) in [5.74, 6) is -0.667. The van der Waals surface area contributed by atoms with Gasteiger partial charge in [0.15, 0.2) is 5.78 Å². The molecule has 3 nitrogen and oxygen atoms in total. The molecule has 0 atom stereocenters. The third-order valence-electron chi connectivity index (χ3n) is 5.13. The average Bonchev–Trinajstić information content (AvgIpc) is 2.69. The third kappa shape index (κ3) is 11.6. The Morgan fingerprint density at radius 2 is 1.22 bits per heavy atom. The molecule has 0 bridgehead atoms. The highest BCUT2D eigenvalue weighted by atomic mass is 16.5. The van der Waals surface area contributed by atoms with Crippen LogP contribution in [-0.4, -0.2) is 18.9 Å². The van der Waals surface area contributed by atoms with Gasteiger partial charge in [-0.2, -0.15) is 0 Å². The van der Waals surface area contributed by atoms with E-state index in [1.54, 1.807) is 0 Å². The number of methoxy groups -OCH3 is 1. The van der Waals surface area contributed by atoms with E-state index >= 15 is 0 Å². The van der Waals surface area contributed by atoms with E-state index in [0.717, 1.165) is 6.42 Å². The molecule has 0 aromatic heterocycles. The summed E-state index contributed by atoms with van der Waals surface area (Å²) in [5.41, 5.74) is 1.84. The van der Waals surface area contributed by atoms with E-state index in [1.165, 1.54) is 89.7 Å². The molecule has 0 radical (unpaired) electrons. The number of unbranched alkanes of at least 4 members (excludes halogenated alkanes) is 11. The van der Waals surface area contributed by atoms with Gasteiger partial charge in [0.2, 0.25) is 0 Å². The molecule has 0 heterocycles. The number of aryl methyl sites for hydroxylation is 1. The number of carbonyl (C=O) groups excluding carboxylic acids is 2. The van der Waals surface area contributed by atoms with Gasteiger partial charge in [0, 0.05) is 5.56 Å². The maximum atomic E-state index is 11.9. The Hall–Kier alpha value is -1.64. The van der Waals surface area contributed by atoms with Crippen molar-refractivity contribution in [3.8, 4) is 0 Å². The summed E-state index contributed by atoms with van der Waals surface area (Å²) in [4.78, 5) is 23.1. The van der Waals surface area contributed by atoms with Crippen molar-refractivity contribution in [2.24, 2.45) is 0 Å². The molecule has 1 aromatic carbocycles. The Kier molecular flexibility index (Phi) is 13.4. The number of carbonyl (C=O) groups is 2. The Bertz CT molecular complexity index is 519. The number of rotatable bonds is 16. The van der Waals surface area contributed by atoms with Gasteiger partial charge >= 0.3 is 5.97 Å². The minimum absolute atomic E-state index is 0.182. The number of benzene rings is 1. The summed E-state index contributed by atoms with van der Waals surface area (Å²) in [6.07, 6.45) is 17.2. The molecule has 0 spiro atoms. The number of hydrogen-bond donors (Lipinski definition) is 0. The predicted molar refractivity (Wildman–Crippen MR) is 112 cm³/mol.